The first-order valence-electron chi connectivity index (χ1n) is 4.94. The Balaban J connectivity index is 0.000000531. The van der Waals surface area contributed by atoms with Gasteiger partial charge >= 0.3 is 0 Å². The number of aromatic nitrogens is 1. The summed E-state index contributed by atoms with van der Waals surface area (Å²) in [7, 11) is 0. The summed E-state index contributed by atoms with van der Waals surface area (Å²) in [4.78, 5) is 4.04. The van der Waals surface area contributed by atoms with Crippen molar-refractivity contribution in [1.82, 2.24) is 4.98 Å². The van der Waals surface area contributed by atoms with Crippen LogP contribution >= 0.6 is 0 Å². The lowest BCUT2D eigenvalue weighted by Gasteiger charge is -1.95. The first-order chi connectivity index (χ1) is 7.27. The highest BCUT2D eigenvalue weighted by Crippen LogP contribution is 2.20. The number of rotatable bonds is 1. The normalized spacial score (nSPS) is 9.33. The summed E-state index contributed by atoms with van der Waals surface area (Å²) in [6.07, 6.45) is 1.45. The molecule has 0 atom stereocenters. The molecular weight excluding hydrogens is 193 g/mol. The van der Waals surface area contributed by atoms with Gasteiger partial charge in [-0.05, 0) is 12.1 Å². The number of oxazole rings is 1. The van der Waals surface area contributed by atoms with Crippen molar-refractivity contribution in [2.45, 2.75) is 20.8 Å². The topological polar surface area (TPSA) is 26.0 Å². The Morgan fingerprint density at radius 3 is 2.40 bits per heavy atom. The maximum Gasteiger partial charge on any atom is 0.191 e. The predicted octanol–water partition coefficient (Wildman–Crippen LogP) is 3.82. The number of hydrogen-bond acceptors (Lipinski definition) is 2. The van der Waals surface area contributed by atoms with E-state index in [1.807, 2.05) is 13.8 Å². The number of benzene rings is 1. The zero-order valence-electron chi connectivity index (χ0n) is 9.12. The maximum atomic E-state index is 13.2. The Kier molecular flexibility index (Phi) is 4.03. The molecule has 2 nitrogen and oxygen atoms in total. The average molecular weight is 207 g/mol. The number of aryl methyl sites for hydroxylation is 1. The fourth-order valence-electron chi connectivity index (χ4n) is 1.16. The molecule has 1 heterocycles. The maximum absolute atomic E-state index is 13.2. The summed E-state index contributed by atoms with van der Waals surface area (Å²) in [6.45, 7) is 5.73. The van der Waals surface area contributed by atoms with Crippen molar-refractivity contribution in [1.29, 1.82) is 0 Å². The molecule has 1 aromatic heterocycles. The lowest BCUT2D eigenvalue weighted by molar-refractivity contribution is 0.521. The van der Waals surface area contributed by atoms with Gasteiger partial charge in [-0.2, -0.15) is 0 Å². The molecular formula is C12H14FNO. The first kappa shape index (κ1) is 11.4. The van der Waals surface area contributed by atoms with Crippen LogP contribution in [0, 0.1) is 12.7 Å². The van der Waals surface area contributed by atoms with Gasteiger partial charge in [-0.25, -0.2) is 9.37 Å². The largest absolute Gasteiger partial charge is 0.449 e. The summed E-state index contributed by atoms with van der Waals surface area (Å²) < 4.78 is 18.2. The summed E-state index contributed by atoms with van der Waals surface area (Å²) in [5.41, 5.74) is 1.01. The molecule has 0 saturated carbocycles. The summed E-state index contributed by atoms with van der Waals surface area (Å²) in [5, 5.41) is 0. The van der Waals surface area contributed by atoms with E-state index in [0.29, 0.717) is 17.1 Å². The minimum absolute atomic E-state index is 0.282. The molecule has 2 aromatic rings. The molecule has 15 heavy (non-hydrogen) atoms. The SMILES string of the molecule is CC.Cc1nc(-c2ccccc2F)co1. The Morgan fingerprint density at radius 1 is 1.20 bits per heavy atom. The van der Waals surface area contributed by atoms with Crippen LogP contribution in [0.15, 0.2) is 34.9 Å². The standard InChI is InChI=1S/C10H8FNO.C2H6/c1-7-12-10(6-13-7)8-4-2-3-5-9(8)11;1-2/h2-6H,1H3;1-2H3. The molecule has 80 valence electrons. The van der Waals surface area contributed by atoms with Gasteiger partial charge in [-0.1, -0.05) is 26.0 Å². The van der Waals surface area contributed by atoms with Gasteiger partial charge in [0.1, 0.15) is 17.8 Å². The second-order valence-corrected chi connectivity index (χ2v) is 2.73. The van der Waals surface area contributed by atoms with E-state index < -0.39 is 0 Å². The average Bonchev–Trinajstić information content (AvgIpc) is 2.68. The van der Waals surface area contributed by atoms with Gasteiger partial charge in [-0.15, -0.1) is 0 Å². The van der Waals surface area contributed by atoms with Gasteiger partial charge in [0.25, 0.3) is 0 Å². The molecule has 3 heteroatoms. The van der Waals surface area contributed by atoms with Gasteiger partial charge in [0.05, 0.1) is 0 Å². The number of halogens is 1. The van der Waals surface area contributed by atoms with Gasteiger partial charge in [0.2, 0.25) is 0 Å². The van der Waals surface area contributed by atoms with Crippen LogP contribution in [0.2, 0.25) is 0 Å². The van der Waals surface area contributed by atoms with E-state index in [0.717, 1.165) is 0 Å². The van der Waals surface area contributed by atoms with E-state index >= 15 is 0 Å². The van der Waals surface area contributed by atoms with Crippen molar-refractivity contribution in [2.75, 3.05) is 0 Å². The molecule has 1 aromatic carbocycles. The van der Waals surface area contributed by atoms with Crippen LogP contribution in [0.1, 0.15) is 19.7 Å². The third kappa shape index (κ3) is 2.65. The van der Waals surface area contributed by atoms with Gasteiger partial charge in [-0.3, -0.25) is 0 Å². The molecule has 0 aliphatic rings. The first-order valence-corrected chi connectivity index (χ1v) is 4.94. The minimum atomic E-state index is -0.282. The summed E-state index contributed by atoms with van der Waals surface area (Å²) in [5.74, 6) is 0.258. The fraction of sp³-hybridized carbons (Fsp3) is 0.250. The molecule has 0 bridgehead atoms. The second-order valence-electron chi connectivity index (χ2n) is 2.73. The van der Waals surface area contributed by atoms with Crippen molar-refractivity contribution in [3.63, 3.8) is 0 Å². The molecule has 0 N–H and O–H groups in total. The third-order valence-electron chi connectivity index (χ3n) is 1.77. The highest BCUT2D eigenvalue weighted by Gasteiger charge is 2.07. The quantitative estimate of drug-likeness (QED) is 0.710. The van der Waals surface area contributed by atoms with Crippen molar-refractivity contribution in [3.05, 3.63) is 42.2 Å². The van der Waals surface area contributed by atoms with E-state index in [9.17, 15) is 4.39 Å². The molecule has 0 aliphatic heterocycles. The van der Waals surface area contributed by atoms with Crippen LogP contribution in [0.5, 0.6) is 0 Å². The van der Waals surface area contributed by atoms with E-state index in [2.05, 4.69) is 4.98 Å². The summed E-state index contributed by atoms with van der Waals surface area (Å²) in [6, 6.07) is 6.49. The van der Waals surface area contributed by atoms with Crippen molar-refractivity contribution in [3.8, 4) is 11.3 Å². The number of hydrogen-bond donors (Lipinski definition) is 0. The van der Waals surface area contributed by atoms with E-state index in [-0.39, 0.29) is 5.82 Å². The van der Waals surface area contributed by atoms with Crippen molar-refractivity contribution in [2.24, 2.45) is 0 Å². The zero-order valence-corrected chi connectivity index (χ0v) is 9.12. The van der Waals surface area contributed by atoms with E-state index in [1.165, 1.54) is 12.3 Å². The highest BCUT2D eigenvalue weighted by atomic mass is 19.1. The lowest BCUT2D eigenvalue weighted by Crippen LogP contribution is -1.82. The predicted molar refractivity (Wildman–Crippen MR) is 58.0 cm³/mol. The Bertz CT molecular complexity index is 423. The van der Waals surface area contributed by atoms with E-state index in [1.54, 1.807) is 25.1 Å². The highest BCUT2D eigenvalue weighted by molar-refractivity contribution is 5.58. The van der Waals surface area contributed by atoms with Crippen molar-refractivity contribution < 1.29 is 8.81 Å². The minimum Gasteiger partial charge on any atom is -0.449 e. The molecule has 0 aliphatic carbocycles. The molecule has 2 rings (SSSR count). The summed E-state index contributed by atoms with van der Waals surface area (Å²) >= 11 is 0. The molecule has 0 unspecified atom stereocenters. The number of nitrogens with zero attached hydrogens (tertiary/aromatic N) is 1. The Hall–Kier alpha value is -1.64. The third-order valence-corrected chi connectivity index (χ3v) is 1.77. The van der Waals surface area contributed by atoms with Crippen LogP contribution in [0.25, 0.3) is 11.3 Å². The molecule has 0 radical (unpaired) electrons. The van der Waals surface area contributed by atoms with Crippen LogP contribution in [-0.2, 0) is 0 Å². The Labute approximate surface area is 88.8 Å². The molecule has 0 amide bonds. The van der Waals surface area contributed by atoms with Crippen LogP contribution < -0.4 is 0 Å². The Morgan fingerprint density at radius 2 is 1.87 bits per heavy atom. The smallest absolute Gasteiger partial charge is 0.191 e. The fourth-order valence-corrected chi connectivity index (χ4v) is 1.16. The van der Waals surface area contributed by atoms with Gasteiger partial charge in [0.15, 0.2) is 5.89 Å². The second kappa shape index (κ2) is 5.29. The van der Waals surface area contributed by atoms with Gasteiger partial charge in [0, 0.05) is 12.5 Å². The van der Waals surface area contributed by atoms with Crippen molar-refractivity contribution >= 4 is 0 Å². The van der Waals surface area contributed by atoms with Crippen LogP contribution in [-0.4, -0.2) is 4.98 Å². The molecule has 0 saturated heterocycles. The van der Waals surface area contributed by atoms with Crippen LogP contribution in [0.3, 0.4) is 0 Å². The molecule has 0 spiro atoms. The molecule has 0 fully saturated rings. The van der Waals surface area contributed by atoms with Crippen LogP contribution in [0.4, 0.5) is 4.39 Å². The van der Waals surface area contributed by atoms with Gasteiger partial charge < -0.3 is 4.42 Å². The lowest BCUT2D eigenvalue weighted by atomic mass is 10.1. The van der Waals surface area contributed by atoms with E-state index in [4.69, 9.17) is 4.42 Å². The zero-order chi connectivity index (χ0) is 11.3. The monoisotopic (exact) mass is 207 g/mol.